The van der Waals surface area contributed by atoms with E-state index in [4.69, 9.17) is 4.98 Å². The molecule has 1 unspecified atom stereocenters. The molecule has 0 spiro atoms. The predicted octanol–water partition coefficient (Wildman–Crippen LogP) is 5.27. The Balaban J connectivity index is 1.46. The number of fused-ring (bicyclic) bond motifs is 1. The normalized spacial score (nSPS) is 16.7. The molecule has 0 N–H and O–H groups in total. The largest absolute Gasteiger partial charge is 0.324 e. The minimum Gasteiger partial charge on any atom is -0.324 e. The summed E-state index contributed by atoms with van der Waals surface area (Å²) in [5.41, 5.74) is 4.22. The van der Waals surface area contributed by atoms with Gasteiger partial charge >= 0.3 is 0 Å². The van der Waals surface area contributed by atoms with E-state index in [9.17, 15) is 4.79 Å². The van der Waals surface area contributed by atoms with Crippen molar-refractivity contribution in [2.45, 2.75) is 18.9 Å². The Hall–Kier alpha value is -3.66. The molecule has 0 radical (unpaired) electrons. The summed E-state index contributed by atoms with van der Waals surface area (Å²) in [4.78, 5) is 19.6. The topological polar surface area (TPSA) is 38.1 Å². The number of amides is 1. The molecule has 2 heterocycles. The van der Waals surface area contributed by atoms with E-state index < -0.39 is 0 Å². The number of aromatic nitrogens is 2. The van der Waals surface area contributed by atoms with Gasteiger partial charge in [-0.3, -0.25) is 4.79 Å². The first kappa shape index (κ1) is 18.4. The number of carbonyl (C=O) groups excluding carboxylic acids is 1. The van der Waals surface area contributed by atoms with Crippen LogP contribution in [0.5, 0.6) is 0 Å². The SMILES string of the molecule is O=C1CC(c2nc3ccccc3n2C/C=C/c2ccccc2)CN1c1ccccc1. The van der Waals surface area contributed by atoms with Crippen molar-refractivity contribution >= 4 is 28.7 Å². The number of benzene rings is 3. The second-order valence-electron chi connectivity index (χ2n) is 7.62. The number of allylic oxidation sites excluding steroid dienone is 1. The van der Waals surface area contributed by atoms with E-state index in [-0.39, 0.29) is 11.8 Å². The molecule has 1 aliphatic rings. The van der Waals surface area contributed by atoms with E-state index in [1.807, 2.05) is 71.6 Å². The van der Waals surface area contributed by atoms with Crippen LogP contribution in [-0.4, -0.2) is 22.0 Å². The first-order valence-electron chi connectivity index (χ1n) is 10.3. The van der Waals surface area contributed by atoms with E-state index >= 15 is 0 Å². The molecule has 0 saturated carbocycles. The summed E-state index contributed by atoms with van der Waals surface area (Å²) in [6.07, 6.45) is 4.79. The first-order valence-corrected chi connectivity index (χ1v) is 10.3. The maximum Gasteiger partial charge on any atom is 0.227 e. The van der Waals surface area contributed by atoms with Gasteiger partial charge in [-0.05, 0) is 29.8 Å². The average Bonchev–Trinajstić information content (AvgIpc) is 3.36. The molecule has 4 aromatic rings. The van der Waals surface area contributed by atoms with Crippen LogP contribution in [0.1, 0.15) is 23.7 Å². The van der Waals surface area contributed by atoms with Crippen molar-refractivity contribution in [3.05, 3.63) is 102 Å². The molecule has 30 heavy (non-hydrogen) atoms. The number of hydrogen-bond donors (Lipinski definition) is 0. The molecule has 1 amide bonds. The van der Waals surface area contributed by atoms with Crippen molar-refractivity contribution in [1.82, 2.24) is 9.55 Å². The highest BCUT2D eigenvalue weighted by molar-refractivity contribution is 5.96. The van der Waals surface area contributed by atoms with Crippen LogP contribution in [0.4, 0.5) is 5.69 Å². The summed E-state index contributed by atoms with van der Waals surface area (Å²) < 4.78 is 2.25. The van der Waals surface area contributed by atoms with Gasteiger partial charge in [0.05, 0.1) is 11.0 Å². The molecule has 3 aromatic carbocycles. The van der Waals surface area contributed by atoms with Gasteiger partial charge in [0.2, 0.25) is 5.91 Å². The smallest absolute Gasteiger partial charge is 0.227 e. The minimum absolute atomic E-state index is 0.0789. The van der Waals surface area contributed by atoms with Crippen molar-refractivity contribution in [3.8, 4) is 0 Å². The van der Waals surface area contributed by atoms with Gasteiger partial charge < -0.3 is 9.47 Å². The Morgan fingerprint density at radius 2 is 1.60 bits per heavy atom. The highest BCUT2D eigenvalue weighted by atomic mass is 16.2. The van der Waals surface area contributed by atoms with Crippen LogP contribution < -0.4 is 4.90 Å². The molecular weight excluding hydrogens is 370 g/mol. The molecule has 0 aliphatic carbocycles. The fourth-order valence-electron chi connectivity index (χ4n) is 4.19. The summed E-state index contributed by atoms with van der Waals surface area (Å²) >= 11 is 0. The van der Waals surface area contributed by atoms with E-state index in [1.54, 1.807) is 0 Å². The van der Waals surface area contributed by atoms with Crippen molar-refractivity contribution < 1.29 is 4.79 Å². The Bertz CT molecular complexity index is 1190. The lowest BCUT2D eigenvalue weighted by molar-refractivity contribution is -0.117. The summed E-state index contributed by atoms with van der Waals surface area (Å²) in [6, 6.07) is 28.4. The van der Waals surface area contributed by atoms with Crippen molar-refractivity contribution in [3.63, 3.8) is 0 Å². The molecule has 1 atom stereocenters. The van der Waals surface area contributed by atoms with Gasteiger partial charge in [0.1, 0.15) is 5.82 Å². The number of nitrogens with zero attached hydrogens (tertiary/aromatic N) is 3. The summed E-state index contributed by atoms with van der Waals surface area (Å²) in [5.74, 6) is 1.22. The molecule has 4 nitrogen and oxygen atoms in total. The lowest BCUT2D eigenvalue weighted by atomic mass is 10.1. The van der Waals surface area contributed by atoms with E-state index in [1.165, 1.54) is 5.56 Å². The number of para-hydroxylation sites is 3. The lowest BCUT2D eigenvalue weighted by Crippen LogP contribution is -2.24. The third-order valence-corrected chi connectivity index (χ3v) is 5.64. The Kier molecular flexibility index (Phi) is 4.89. The third-order valence-electron chi connectivity index (χ3n) is 5.64. The van der Waals surface area contributed by atoms with Gasteiger partial charge in [-0.1, -0.05) is 72.8 Å². The Labute approximate surface area is 176 Å². The van der Waals surface area contributed by atoms with Crippen LogP contribution in [0, 0.1) is 0 Å². The minimum atomic E-state index is 0.0789. The van der Waals surface area contributed by atoms with Gasteiger partial charge in [0.15, 0.2) is 0 Å². The molecule has 148 valence electrons. The predicted molar refractivity (Wildman–Crippen MR) is 121 cm³/mol. The number of imidazole rings is 1. The zero-order valence-corrected chi connectivity index (χ0v) is 16.7. The number of hydrogen-bond acceptors (Lipinski definition) is 2. The maximum absolute atomic E-state index is 12.8. The van der Waals surface area contributed by atoms with Crippen LogP contribution in [-0.2, 0) is 11.3 Å². The first-order chi connectivity index (χ1) is 14.8. The van der Waals surface area contributed by atoms with Gasteiger partial charge in [0.25, 0.3) is 0 Å². The Morgan fingerprint density at radius 3 is 2.40 bits per heavy atom. The van der Waals surface area contributed by atoms with Crippen LogP contribution >= 0.6 is 0 Å². The summed E-state index contributed by atoms with van der Waals surface area (Å²) in [5, 5.41) is 0. The Morgan fingerprint density at radius 1 is 0.900 bits per heavy atom. The molecule has 1 fully saturated rings. The van der Waals surface area contributed by atoms with E-state index in [2.05, 4.69) is 34.9 Å². The van der Waals surface area contributed by atoms with Crippen LogP contribution in [0.25, 0.3) is 17.1 Å². The zero-order chi connectivity index (χ0) is 20.3. The van der Waals surface area contributed by atoms with Gasteiger partial charge in [-0.25, -0.2) is 4.98 Å². The zero-order valence-electron chi connectivity index (χ0n) is 16.7. The van der Waals surface area contributed by atoms with E-state index in [0.717, 1.165) is 29.1 Å². The van der Waals surface area contributed by atoms with Crippen LogP contribution in [0.3, 0.4) is 0 Å². The number of carbonyl (C=O) groups is 1. The lowest BCUT2D eigenvalue weighted by Gasteiger charge is -2.17. The van der Waals surface area contributed by atoms with Gasteiger partial charge in [-0.2, -0.15) is 0 Å². The van der Waals surface area contributed by atoms with E-state index in [0.29, 0.717) is 13.0 Å². The molecular formula is C26H23N3O. The maximum atomic E-state index is 12.8. The summed E-state index contributed by atoms with van der Waals surface area (Å²) in [7, 11) is 0. The number of rotatable bonds is 5. The fourth-order valence-corrected chi connectivity index (χ4v) is 4.19. The molecule has 1 aliphatic heterocycles. The quantitative estimate of drug-likeness (QED) is 0.463. The highest BCUT2D eigenvalue weighted by Gasteiger charge is 2.34. The average molecular weight is 393 g/mol. The van der Waals surface area contributed by atoms with Crippen LogP contribution in [0.2, 0.25) is 0 Å². The monoisotopic (exact) mass is 393 g/mol. The molecule has 5 rings (SSSR count). The van der Waals surface area contributed by atoms with Gasteiger partial charge in [0, 0.05) is 31.1 Å². The molecule has 4 heteroatoms. The number of anilines is 1. The van der Waals surface area contributed by atoms with Gasteiger partial charge in [-0.15, -0.1) is 0 Å². The van der Waals surface area contributed by atoms with Crippen molar-refractivity contribution in [2.75, 3.05) is 11.4 Å². The second kappa shape index (κ2) is 7.99. The van der Waals surface area contributed by atoms with Crippen molar-refractivity contribution in [2.24, 2.45) is 0 Å². The molecule has 1 saturated heterocycles. The highest BCUT2D eigenvalue weighted by Crippen LogP contribution is 2.33. The fraction of sp³-hybridized carbons (Fsp3) is 0.154. The summed E-state index contributed by atoms with van der Waals surface area (Å²) in [6.45, 7) is 1.38. The van der Waals surface area contributed by atoms with Crippen LogP contribution in [0.15, 0.2) is 91.0 Å². The third kappa shape index (κ3) is 3.52. The second-order valence-corrected chi connectivity index (χ2v) is 7.62. The standard InChI is InChI=1S/C26H23N3O/c30-25-18-21(19-29(25)22-13-5-2-6-14-22)26-27-23-15-7-8-16-24(23)28(26)17-9-12-20-10-3-1-4-11-20/h1-16,21H,17-19H2/b12-9+. The molecule has 0 bridgehead atoms. The molecule has 1 aromatic heterocycles. The van der Waals surface area contributed by atoms with Crippen molar-refractivity contribution in [1.29, 1.82) is 0 Å².